The van der Waals surface area contributed by atoms with Gasteiger partial charge in [0.25, 0.3) is 0 Å². The molecular formula is C17H27N. The summed E-state index contributed by atoms with van der Waals surface area (Å²) in [6.45, 7) is 11.4. The van der Waals surface area contributed by atoms with Gasteiger partial charge in [0.15, 0.2) is 0 Å². The molecule has 0 radical (unpaired) electrons. The lowest BCUT2D eigenvalue weighted by molar-refractivity contribution is 0.500. The third-order valence-corrected chi connectivity index (χ3v) is 3.36. The zero-order valence-corrected chi connectivity index (χ0v) is 12.1. The molecule has 1 nitrogen and oxygen atoms in total. The standard InChI is InChI=1S/C17H27N/c1-5-7-8-9-17(18-6-2)16-12-10-15(11-13-16)14(3)4/h5,10-14,17-18H,1,6-9H2,2-4H3. The monoisotopic (exact) mass is 245 g/mol. The maximum atomic E-state index is 3.79. The van der Waals surface area contributed by atoms with Crippen molar-refractivity contribution in [3.8, 4) is 0 Å². The number of hydrogen-bond donors (Lipinski definition) is 1. The van der Waals surface area contributed by atoms with Crippen molar-refractivity contribution in [3.63, 3.8) is 0 Å². The van der Waals surface area contributed by atoms with Gasteiger partial charge in [0.05, 0.1) is 0 Å². The van der Waals surface area contributed by atoms with E-state index in [2.05, 4.69) is 56.9 Å². The third kappa shape index (κ3) is 4.66. The highest BCUT2D eigenvalue weighted by Gasteiger charge is 2.09. The van der Waals surface area contributed by atoms with E-state index in [1.165, 1.54) is 24.0 Å². The van der Waals surface area contributed by atoms with E-state index < -0.39 is 0 Å². The van der Waals surface area contributed by atoms with Gasteiger partial charge in [0.1, 0.15) is 0 Å². The van der Waals surface area contributed by atoms with Crippen LogP contribution in [0.25, 0.3) is 0 Å². The molecular weight excluding hydrogens is 218 g/mol. The predicted octanol–water partition coefficient (Wildman–Crippen LogP) is 4.82. The van der Waals surface area contributed by atoms with Gasteiger partial charge >= 0.3 is 0 Å². The summed E-state index contributed by atoms with van der Waals surface area (Å²) < 4.78 is 0. The number of rotatable bonds is 8. The molecule has 1 aromatic carbocycles. The second kappa shape index (κ2) is 8.10. The molecule has 0 fully saturated rings. The van der Waals surface area contributed by atoms with Crippen LogP contribution in [-0.4, -0.2) is 6.54 Å². The Morgan fingerprint density at radius 3 is 2.28 bits per heavy atom. The molecule has 1 atom stereocenters. The van der Waals surface area contributed by atoms with Gasteiger partial charge in [0, 0.05) is 6.04 Å². The van der Waals surface area contributed by atoms with Crippen molar-refractivity contribution in [2.45, 2.75) is 52.0 Å². The highest BCUT2D eigenvalue weighted by Crippen LogP contribution is 2.22. The van der Waals surface area contributed by atoms with Crippen molar-refractivity contribution in [2.24, 2.45) is 0 Å². The van der Waals surface area contributed by atoms with Gasteiger partial charge in [-0.05, 0) is 42.9 Å². The molecule has 0 saturated carbocycles. The lowest BCUT2D eigenvalue weighted by atomic mass is 9.96. The molecule has 0 amide bonds. The van der Waals surface area contributed by atoms with Gasteiger partial charge < -0.3 is 5.32 Å². The first-order valence-corrected chi connectivity index (χ1v) is 7.13. The lowest BCUT2D eigenvalue weighted by Crippen LogP contribution is -2.20. The van der Waals surface area contributed by atoms with Crippen LogP contribution in [0, 0.1) is 0 Å². The van der Waals surface area contributed by atoms with E-state index >= 15 is 0 Å². The molecule has 1 aromatic rings. The first kappa shape index (κ1) is 15.0. The molecule has 0 aliphatic rings. The lowest BCUT2D eigenvalue weighted by Gasteiger charge is -2.19. The SMILES string of the molecule is C=CCCCC(NCC)c1ccc(C(C)C)cc1. The molecule has 0 bridgehead atoms. The Morgan fingerprint density at radius 1 is 1.17 bits per heavy atom. The van der Waals surface area contributed by atoms with Gasteiger partial charge in [-0.1, -0.05) is 51.1 Å². The van der Waals surface area contributed by atoms with Gasteiger partial charge in [-0.2, -0.15) is 0 Å². The zero-order valence-electron chi connectivity index (χ0n) is 12.1. The van der Waals surface area contributed by atoms with Gasteiger partial charge in [-0.25, -0.2) is 0 Å². The topological polar surface area (TPSA) is 12.0 Å². The van der Waals surface area contributed by atoms with Gasteiger partial charge in [-0.3, -0.25) is 0 Å². The van der Waals surface area contributed by atoms with E-state index in [-0.39, 0.29) is 0 Å². The molecule has 1 N–H and O–H groups in total. The van der Waals surface area contributed by atoms with Gasteiger partial charge in [0.2, 0.25) is 0 Å². The molecule has 0 spiro atoms. The average molecular weight is 245 g/mol. The number of nitrogens with one attached hydrogen (secondary N) is 1. The maximum absolute atomic E-state index is 3.79. The Balaban J connectivity index is 2.68. The summed E-state index contributed by atoms with van der Waals surface area (Å²) >= 11 is 0. The van der Waals surface area contributed by atoms with E-state index in [4.69, 9.17) is 0 Å². The molecule has 18 heavy (non-hydrogen) atoms. The van der Waals surface area contributed by atoms with E-state index in [1.54, 1.807) is 0 Å². The number of unbranched alkanes of at least 4 members (excludes halogenated alkanes) is 1. The Kier molecular flexibility index (Phi) is 6.74. The largest absolute Gasteiger partial charge is 0.310 e. The molecule has 1 unspecified atom stereocenters. The minimum atomic E-state index is 0.483. The van der Waals surface area contributed by atoms with Crippen LogP contribution >= 0.6 is 0 Å². The van der Waals surface area contributed by atoms with Crippen LogP contribution in [0.5, 0.6) is 0 Å². The fourth-order valence-electron chi connectivity index (χ4n) is 2.21. The van der Waals surface area contributed by atoms with Crippen LogP contribution in [0.4, 0.5) is 0 Å². The summed E-state index contributed by atoms with van der Waals surface area (Å²) in [4.78, 5) is 0. The molecule has 100 valence electrons. The van der Waals surface area contributed by atoms with E-state index in [1.807, 2.05) is 6.08 Å². The van der Waals surface area contributed by atoms with Gasteiger partial charge in [-0.15, -0.1) is 6.58 Å². The average Bonchev–Trinajstić information content (AvgIpc) is 2.38. The fraction of sp³-hybridized carbons (Fsp3) is 0.529. The minimum Gasteiger partial charge on any atom is -0.310 e. The van der Waals surface area contributed by atoms with Crippen molar-refractivity contribution >= 4 is 0 Å². The number of allylic oxidation sites excluding steroid dienone is 1. The second-order valence-corrected chi connectivity index (χ2v) is 5.15. The summed E-state index contributed by atoms with van der Waals surface area (Å²) in [5.41, 5.74) is 2.82. The number of hydrogen-bond acceptors (Lipinski definition) is 1. The normalized spacial score (nSPS) is 12.7. The predicted molar refractivity (Wildman–Crippen MR) is 81.0 cm³/mol. The quantitative estimate of drug-likeness (QED) is 0.511. The van der Waals surface area contributed by atoms with Crippen LogP contribution in [-0.2, 0) is 0 Å². The Bertz CT molecular complexity index is 337. The highest BCUT2D eigenvalue weighted by atomic mass is 14.9. The van der Waals surface area contributed by atoms with E-state index in [0.29, 0.717) is 12.0 Å². The van der Waals surface area contributed by atoms with Crippen LogP contribution in [0.15, 0.2) is 36.9 Å². The highest BCUT2D eigenvalue weighted by molar-refractivity contribution is 5.26. The Hall–Kier alpha value is -1.08. The number of benzene rings is 1. The Labute approximate surface area is 112 Å². The summed E-state index contributed by atoms with van der Waals surface area (Å²) in [6, 6.07) is 9.55. The minimum absolute atomic E-state index is 0.483. The molecule has 0 aliphatic heterocycles. The molecule has 1 rings (SSSR count). The van der Waals surface area contributed by atoms with Crippen molar-refractivity contribution in [1.82, 2.24) is 5.32 Å². The van der Waals surface area contributed by atoms with Crippen molar-refractivity contribution < 1.29 is 0 Å². The maximum Gasteiger partial charge on any atom is 0.0320 e. The van der Waals surface area contributed by atoms with Crippen LogP contribution < -0.4 is 5.32 Å². The molecule has 0 saturated heterocycles. The molecule has 1 heteroatoms. The molecule has 0 aromatic heterocycles. The first-order valence-electron chi connectivity index (χ1n) is 7.13. The van der Waals surface area contributed by atoms with Crippen LogP contribution in [0.2, 0.25) is 0 Å². The van der Waals surface area contributed by atoms with Crippen molar-refractivity contribution in [2.75, 3.05) is 6.54 Å². The van der Waals surface area contributed by atoms with Crippen molar-refractivity contribution in [1.29, 1.82) is 0 Å². The first-order chi connectivity index (χ1) is 8.69. The van der Waals surface area contributed by atoms with E-state index in [0.717, 1.165) is 13.0 Å². The van der Waals surface area contributed by atoms with Crippen LogP contribution in [0.3, 0.4) is 0 Å². The third-order valence-electron chi connectivity index (χ3n) is 3.36. The summed E-state index contributed by atoms with van der Waals surface area (Å²) in [6.07, 6.45) is 5.49. The van der Waals surface area contributed by atoms with Crippen LogP contribution in [0.1, 0.15) is 63.1 Å². The molecule has 0 aliphatic carbocycles. The summed E-state index contributed by atoms with van der Waals surface area (Å²) in [5.74, 6) is 0.609. The zero-order chi connectivity index (χ0) is 13.4. The summed E-state index contributed by atoms with van der Waals surface area (Å²) in [7, 11) is 0. The molecule has 0 heterocycles. The fourth-order valence-corrected chi connectivity index (χ4v) is 2.21. The smallest absolute Gasteiger partial charge is 0.0320 e. The summed E-state index contributed by atoms with van der Waals surface area (Å²) in [5, 5.41) is 3.57. The second-order valence-electron chi connectivity index (χ2n) is 5.15. The van der Waals surface area contributed by atoms with Crippen molar-refractivity contribution in [3.05, 3.63) is 48.0 Å². The van der Waals surface area contributed by atoms with E-state index in [9.17, 15) is 0 Å². The Morgan fingerprint density at radius 2 is 1.78 bits per heavy atom.